The Hall–Kier alpha value is -1.36. The minimum absolute atomic E-state index is 0.199. The second kappa shape index (κ2) is 4.09. The van der Waals surface area contributed by atoms with Crippen LogP contribution in [0.1, 0.15) is 24.8 Å². The van der Waals surface area contributed by atoms with Crippen LogP contribution in [0.3, 0.4) is 0 Å². The van der Waals surface area contributed by atoms with Gasteiger partial charge >= 0.3 is 6.03 Å². The summed E-state index contributed by atoms with van der Waals surface area (Å²) in [6.45, 7) is 0. The van der Waals surface area contributed by atoms with E-state index < -0.39 is 11.6 Å². The van der Waals surface area contributed by atoms with E-state index in [1.165, 1.54) is 0 Å². The largest absolute Gasteiger partial charge is 0.322 e. The number of amides is 3. The molecule has 3 amide bonds. The topological polar surface area (TPSA) is 58.2 Å². The van der Waals surface area contributed by atoms with Gasteiger partial charge in [0.2, 0.25) is 0 Å². The second-order valence-corrected chi connectivity index (χ2v) is 5.77. The van der Waals surface area contributed by atoms with Gasteiger partial charge in [-0.1, -0.05) is 34.5 Å². The molecule has 2 fully saturated rings. The summed E-state index contributed by atoms with van der Waals surface area (Å²) in [5.41, 5.74) is -0.00509. The van der Waals surface area contributed by atoms with Gasteiger partial charge in [-0.25, -0.2) is 4.79 Å². The molecule has 0 unspecified atom stereocenters. The summed E-state index contributed by atoms with van der Waals surface area (Å²) in [6.07, 6.45) is 3.07. The smallest absolute Gasteiger partial charge is 0.319 e. The van der Waals surface area contributed by atoms with E-state index in [0.29, 0.717) is 0 Å². The molecule has 5 heteroatoms. The van der Waals surface area contributed by atoms with Gasteiger partial charge < -0.3 is 5.32 Å². The molecular weight excluding hydrogens is 296 g/mol. The van der Waals surface area contributed by atoms with Crippen molar-refractivity contribution in [2.45, 2.75) is 24.8 Å². The molecular formula is C13H13BrN2O2. The van der Waals surface area contributed by atoms with E-state index in [1.54, 1.807) is 0 Å². The highest BCUT2D eigenvalue weighted by molar-refractivity contribution is 9.10. The maximum absolute atomic E-state index is 12.2. The molecule has 0 spiro atoms. The number of benzene rings is 1. The number of nitrogens with one attached hydrogen (secondary N) is 2. The van der Waals surface area contributed by atoms with Crippen molar-refractivity contribution in [3.05, 3.63) is 34.3 Å². The minimum Gasteiger partial charge on any atom is -0.319 e. The maximum Gasteiger partial charge on any atom is 0.322 e. The highest BCUT2D eigenvalue weighted by Gasteiger charge is 2.54. The first-order chi connectivity index (χ1) is 8.63. The molecule has 1 aliphatic heterocycles. The van der Waals surface area contributed by atoms with Crippen molar-refractivity contribution in [1.82, 2.24) is 10.6 Å². The zero-order valence-electron chi connectivity index (χ0n) is 9.70. The van der Waals surface area contributed by atoms with Crippen molar-refractivity contribution in [2.24, 2.45) is 5.92 Å². The lowest BCUT2D eigenvalue weighted by Gasteiger charge is -2.40. The van der Waals surface area contributed by atoms with Crippen LogP contribution in [0.4, 0.5) is 4.79 Å². The second-order valence-electron chi connectivity index (χ2n) is 4.85. The van der Waals surface area contributed by atoms with Crippen LogP contribution in [0.25, 0.3) is 0 Å². The van der Waals surface area contributed by atoms with Gasteiger partial charge in [-0.05, 0) is 36.5 Å². The van der Waals surface area contributed by atoms with Gasteiger partial charge in [-0.2, -0.15) is 0 Å². The molecule has 0 aromatic heterocycles. The molecule has 1 aromatic rings. The number of carbonyl (C=O) groups excluding carboxylic acids is 2. The number of urea groups is 1. The van der Waals surface area contributed by atoms with Gasteiger partial charge in [0, 0.05) is 4.47 Å². The van der Waals surface area contributed by atoms with E-state index in [9.17, 15) is 9.59 Å². The summed E-state index contributed by atoms with van der Waals surface area (Å²) >= 11 is 3.38. The van der Waals surface area contributed by atoms with E-state index in [1.807, 2.05) is 24.3 Å². The van der Waals surface area contributed by atoms with E-state index in [-0.39, 0.29) is 11.8 Å². The van der Waals surface area contributed by atoms with Crippen LogP contribution in [0, 0.1) is 5.92 Å². The molecule has 1 atom stereocenters. The summed E-state index contributed by atoms with van der Waals surface area (Å²) in [6, 6.07) is 7.19. The summed E-state index contributed by atoms with van der Waals surface area (Å²) in [4.78, 5) is 23.7. The zero-order chi connectivity index (χ0) is 12.8. The molecule has 1 saturated heterocycles. The molecule has 1 aliphatic carbocycles. The molecule has 0 radical (unpaired) electrons. The van der Waals surface area contributed by atoms with Crippen LogP contribution in [-0.4, -0.2) is 11.9 Å². The minimum atomic E-state index is -0.865. The Balaban J connectivity index is 2.07. The predicted octanol–water partition coefficient (Wildman–Crippen LogP) is 2.28. The third kappa shape index (κ3) is 1.57. The van der Waals surface area contributed by atoms with Crippen molar-refractivity contribution >= 4 is 27.9 Å². The number of rotatable bonds is 2. The van der Waals surface area contributed by atoms with E-state index >= 15 is 0 Å². The summed E-state index contributed by atoms with van der Waals surface area (Å²) in [7, 11) is 0. The van der Waals surface area contributed by atoms with Crippen molar-refractivity contribution in [2.75, 3.05) is 0 Å². The van der Waals surface area contributed by atoms with Gasteiger partial charge in [0.1, 0.15) is 5.54 Å². The molecule has 94 valence electrons. The number of hydrogen-bond acceptors (Lipinski definition) is 2. The molecule has 18 heavy (non-hydrogen) atoms. The lowest BCUT2D eigenvalue weighted by atomic mass is 9.67. The van der Waals surface area contributed by atoms with Gasteiger partial charge in [0.25, 0.3) is 5.91 Å². The lowest BCUT2D eigenvalue weighted by Crippen LogP contribution is -2.52. The average Bonchev–Trinajstić information content (AvgIpc) is 2.53. The molecule has 1 heterocycles. The Kier molecular flexibility index (Phi) is 2.66. The fourth-order valence-corrected chi connectivity index (χ4v) is 3.01. The van der Waals surface area contributed by atoms with E-state index in [2.05, 4.69) is 26.6 Å². The Morgan fingerprint density at radius 2 is 1.83 bits per heavy atom. The van der Waals surface area contributed by atoms with Crippen LogP contribution < -0.4 is 10.6 Å². The first-order valence-corrected chi connectivity index (χ1v) is 6.82. The molecule has 1 saturated carbocycles. The monoisotopic (exact) mass is 308 g/mol. The standard InChI is InChI=1S/C13H13BrN2O2/c14-10-6-4-9(5-7-10)13(8-2-1-3-8)11(17)15-12(18)16-13/h4-8H,1-3H2,(H2,15,16,17,18)/t13-/m0/s1. The summed E-state index contributed by atoms with van der Waals surface area (Å²) in [5, 5.41) is 5.21. The Labute approximate surface area is 113 Å². The van der Waals surface area contributed by atoms with Crippen molar-refractivity contribution in [3.8, 4) is 0 Å². The molecule has 2 aliphatic rings. The van der Waals surface area contributed by atoms with Gasteiger partial charge in [0.15, 0.2) is 0 Å². The lowest BCUT2D eigenvalue weighted by molar-refractivity contribution is -0.127. The van der Waals surface area contributed by atoms with Crippen molar-refractivity contribution in [1.29, 1.82) is 0 Å². The van der Waals surface area contributed by atoms with Gasteiger partial charge in [-0.15, -0.1) is 0 Å². The fraction of sp³-hybridized carbons (Fsp3) is 0.385. The number of imide groups is 1. The van der Waals surface area contributed by atoms with E-state index in [0.717, 1.165) is 29.3 Å². The van der Waals surface area contributed by atoms with Gasteiger partial charge in [0.05, 0.1) is 0 Å². The fourth-order valence-electron chi connectivity index (χ4n) is 2.75. The Morgan fingerprint density at radius 1 is 1.17 bits per heavy atom. The van der Waals surface area contributed by atoms with Crippen LogP contribution >= 0.6 is 15.9 Å². The highest BCUT2D eigenvalue weighted by atomic mass is 79.9. The quantitative estimate of drug-likeness (QED) is 0.824. The molecule has 2 N–H and O–H groups in total. The summed E-state index contributed by atoms with van der Waals surface area (Å²) in [5.74, 6) is -0.0235. The predicted molar refractivity (Wildman–Crippen MR) is 69.8 cm³/mol. The molecule has 1 aromatic carbocycles. The Morgan fingerprint density at radius 3 is 2.28 bits per heavy atom. The van der Waals surface area contributed by atoms with E-state index in [4.69, 9.17) is 0 Å². The molecule has 3 rings (SSSR count). The first-order valence-electron chi connectivity index (χ1n) is 6.02. The van der Waals surface area contributed by atoms with Crippen molar-refractivity contribution < 1.29 is 9.59 Å². The number of halogens is 1. The SMILES string of the molecule is O=C1NC(=O)[C@@](c2ccc(Br)cc2)(C2CCC2)N1. The highest BCUT2D eigenvalue weighted by Crippen LogP contribution is 2.44. The molecule has 0 bridgehead atoms. The zero-order valence-corrected chi connectivity index (χ0v) is 11.3. The van der Waals surface area contributed by atoms with Crippen LogP contribution in [0.2, 0.25) is 0 Å². The van der Waals surface area contributed by atoms with Crippen LogP contribution in [0.15, 0.2) is 28.7 Å². The van der Waals surface area contributed by atoms with Crippen molar-refractivity contribution in [3.63, 3.8) is 0 Å². The normalized spacial score (nSPS) is 27.6. The van der Waals surface area contributed by atoms with Crippen LogP contribution in [0.5, 0.6) is 0 Å². The Bertz CT molecular complexity index is 510. The third-order valence-corrected chi connectivity index (χ3v) is 4.44. The van der Waals surface area contributed by atoms with Gasteiger partial charge in [-0.3, -0.25) is 10.1 Å². The number of hydrogen-bond donors (Lipinski definition) is 2. The first kappa shape index (κ1) is 11.7. The van der Waals surface area contributed by atoms with Crippen LogP contribution in [-0.2, 0) is 10.3 Å². The number of carbonyl (C=O) groups is 2. The average molecular weight is 309 g/mol. The summed E-state index contributed by atoms with van der Waals surface area (Å²) < 4.78 is 0.958. The maximum atomic E-state index is 12.2. The third-order valence-electron chi connectivity index (χ3n) is 3.91. The molecule has 4 nitrogen and oxygen atoms in total.